The topological polar surface area (TPSA) is 54.0 Å². The van der Waals surface area contributed by atoms with Crippen LogP contribution in [0.3, 0.4) is 0 Å². The molecule has 30 heavy (non-hydrogen) atoms. The van der Waals surface area contributed by atoms with Crippen LogP contribution in [0.4, 0.5) is 0 Å². The maximum Gasteiger partial charge on any atom is 0.161 e. The van der Waals surface area contributed by atoms with E-state index in [1.165, 1.54) is 43.2 Å². The Morgan fingerprint density at radius 3 is 2.53 bits per heavy atom. The van der Waals surface area contributed by atoms with Crippen molar-refractivity contribution in [3.8, 4) is 11.5 Å². The first-order valence-corrected chi connectivity index (χ1v) is 11.1. The second kappa shape index (κ2) is 11.9. The Morgan fingerprint density at radius 2 is 1.80 bits per heavy atom. The van der Waals surface area contributed by atoms with Crippen LogP contribution < -0.4 is 14.8 Å². The van der Waals surface area contributed by atoms with Gasteiger partial charge >= 0.3 is 0 Å². The van der Waals surface area contributed by atoms with Crippen LogP contribution >= 0.6 is 0 Å². The van der Waals surface area contributed by atoms with E-state index in [2.05, 4.69) is 28.4 Å². The van der Waals surface area contributed by atoms with E-state index in [0.29, 0.717) is 24.1 Å². The van der Waals surface area contributed by atoms with Gasteiger partial charge in [-0.25, -0.2) is 0 Å². The van der Waals surface area contributed by atoms with Crippen molar-refractivity contribution < 1.29 is 14.6 Å². The smallest absolute Gasteiger partial charge is 0.161 e. The normalized spacial score (nSPS) is 15.9. The average Bonchev–Trinajstić information content (AvgIpc) is 2.77. The van der Waals surface area contributed by atoms with Crippen molar-refractivity contribution in [1.82, 2.24) is 10.2 Å². The highest BCUT2D eigenvalue weighted by Gasteiger charge is 2.15. The zero-order valence-corrected chi connectivity index (χ0v) is 18.3. The maximum atomic E-state index is 10.4. The monoisotopic (exact) mass is 412 g/mol. The standard InChI is InChI=1S/C25H36N2O3/c1-27(17-20-9-5-3-6-10-20)18-23(28)19-30-25-15-21(13-14-24(25)29-2)16-26-22-11-7-4-8-12-22/h3,5-6,9-10,13-15,22-23,26,28H,4,7-8,11-12,16-19H2,1-2H3/t23-/m0/s1. The number of likely N-dealkylation sites (N-methyl/N-ethyl adjacent to an activating group) is 1. The van der Waals surface area contributed by atoms with Gasteiger partial charge in [0.15, 0.2) is 11.5 Å². The van der Waals surface area contributed by atoms with Gasteiger partial charge in [-0.1, -0.05) is 55.7 Å². The summed E-state index contributed by atoms with van der Waals surface area (Å²) in [4.78, 5) is 2.10. The fraction of sp³-hybridized carbons (Fsp3) is 0.520. The van der Waals surface area contributed by atoms with Gasteiger partial charge in [-0.05, 0) is 43.1 Å². The van der Waals surface area contributed by atoms with E-state index in [1.54, 1.807) is 7.11 Å². The van der Waals surface area contributed by atoms with E-state index in [1.807, 2.05) is 37.4 Å². The Hall–Kier alpha value is -2.08. The number of methoxy groups -OCH3 is 1. The molecule has 0 amide bonds. The highest BCUT2D eigenvalue weighted by atomic mass is 16.5. The van der Waals surface area contributed by atoms with Crippen LogP contribution in [0.15, 0.2) is 48.5 Å². The van der Waals surface area contributed by atoms with Crippen molar-refractivity contribution in [3.63, 3.8) is 0 Å². The predicted molar refractivity (Wildman–Crippen MR) is 121 cm³/mol. The van der Waals surface area contributed by atoms with Crippen molar-refractivity contribution in [2.24, 2.45) is 0 Å². The number of nitrogens with one attached hydrogen (secondary N) is 1. The lowest BCUT2D eigenvalue weighted by Crippen LogP contribution is -2.32. The molecule has 5 heteroatoms. The first-order chi connectivity index (χ1) is 14.6. The summed E-state index contributed by atoms with van der Waals surface area (Å²) < 4.78 is 11.4. The average molecular weight is 413 g/mol. The number of benzene rings is 2. The number of rotatable bonds is 11. The first kappa shape index (κ1) is 22.6. The molecule has 2 N–H and O–H groups in total. The quantitative estimate of drug-likeness (QED) is 0.585. The molecule has 164 valence electrons. The number of aliphatic hydroxyl groups excluding tert-OH is 1. The van der Waals surface area contributed by atoms with E-state index in [9.17, 15) is 5.11 Å². The summed E-state index contributed by atoms with van der Waals surface area (Å²) in [5.74, 6) is 1.38. The van der Waals surface area contributed by atoms with Gasteiger partial charge in [-0.15, -0.1) is 0 Å². The van der Waals surface area contributed by atoms with Gasteiger partial charge in [0.2, 0.25) is 0 Å². The van der Waals surface area contributed by atoms with Gasteiger partial charge in [-0.3, -0.25) is 4.90 Å². The van der Waals surface area contributed by atoms with Crippen LogP contribution in [0, 0.1) is 0 Å². The van der Waals surface area contributed by atoms with Crippen molar-refractivity contribution in [2.75, 3.05) is 27.3 Å². The number of hydrogen-bond donors (Lipinski definition) is 2. The summed E-state index contributed by atoms with van der Waals surface area (Å²) in [6.45, 7) is 2.39. The van der Waals surface area contributed by atoms with Crippen LogP contribution in [0.5, 0.6) is 11.5 Å². The molecule has 5 nitrogen and oxygen atoms in total. The van der Waals surface area contributed by atoms with E-state index in [0.717, 1.165) is 13.1 Å². The Morgan fingerprint density at radius 1 is 1.03 bits per heavy atom. The first-order valence-electron chi connectivity index (χ1n) is 11.1. The van der Waals surface area contributed by atoms with Crippen molar-refractivity contribution >= 4 is 0 Å². The third-order valence-corrected chi connectivity index (χ3v) is 5.68. The van der Waals surface area contributed by atoms with Crippen LogP contribution in [0.1, 0.15) is 43.2 Å². The minimum atomic E-state index is -0.576. The maximum absolute atomic E-state index is 10.4. The Kier molecular flexibility index (Phi) is 9.00. The highest BCUT2D eigenvalue weighted by molar-refractivity contribution is 5.43. The van der Waals surface area contributed by atoms with Crippen molar-refractivity contribution in [1.29, 1.82) is 0 Å². The fourth-order valence-corrected chi connectivity index (χ4v) is 4.07. The Labute approximate surface area is 181 Å². The van der Waals surface area contributed by atoms with Gasteiger partial charge in [0.25, 0.3) is 0 Å². The van der Waals surface area contributed by atoms with Crippen molar-refractivity contribution in [3.05, 3.63) is 59.7 Å². The van der Waals surface area contributed by atoms with Crippen LogP contribution in [0.25, 0.3) is 0 Å². The molecule has 0 heterocycles. The molecule has 1 atom stereocenters. The fourth-order valence-electron chi connectivity index (χ4n) is 4.07. The molecule has 2 aromatic carbocycles. The lowest BCUT2D eigenvalue weighted by Gasteiger charge is -2.23. The molecule has 0 aromatic heterocycles. The molecule has 0 aliphatic heterocycles. The lowest BCUT2D eigenvalue weighted by molar-refractivity contribution is 0.0732. The number of hydrogen-bond acceptors (Lipinski definition) is 5. The Balaban J connectivity index is 1.48. The zero-order valence-electron chi connectivity index (χ0n) is 18.3. The lowest BCUT2D eigenvalue weighted by atomic mass is 9.95. The predicted octanol–water partition coefficient (Wildman–Crippen LogP) is 3.99. The molecular weight excluding hydrogens is 376 g/mol. The third kappa shape index (κ3) is 7.31. The summed E-state index contributed by atoms with van der Waals surface area (Å²) in [6.07, 6.45) is 5.97. The molecule has 1 fully saturated rings. The molecule has 0 bridgehead atoms. The second-order valence-corrected chi connectivity index (χ2v) is 8.35. The van der Waals surface area contributed by atoms with E-state index >= 15 is 0 Å². The molecule has 3 rings (SSSR count). The molecule has 0 radical (unpaired) electrons. The van der Waals surface area contributed by atoms with Crippen LogP contribution in [-0.4, -0.2) is 49.5 Å². The number of aliphatic hydroxyl groups is 1. The van der Waals surface area contributed by atoms with Gasteiger partial charge < -0.3 is 19.9 Å². The zero-order chi connectivity index (χ0) is 21.2. The molecule has 2 aromatic rings. The highest BCUT2D eigenvalue weighted by Crippen LogP contribution is 2.28. The minimum Gasteiger partial charge on any atom is -0.493 e. The molecule has 1 aliphatic rings. The Bertz CT molecular complexity index is 747. The van der Waals surface area contributed by atoms with Gasteiger partial charge in [-0.2, -0.15) is 0 Å². The molecule has 1 saturated carbocycles. The van der Waals surface area contributed by atoms with Crippen LogP contribution in [0.2, 0.25) is 0 Å². The van der Waals surface area contributed by atoms with E-state index in [-0.39, 0.29) is 6.61 Å². The summed E-state index contributed by atoms with van der Waals surface area (Å²) in [5, 5.41) is 14.1. The summed E-state index contributed by atoms with van der Waals surface area (Å²) in [5.41, 5.74) is 2.40. The molecule has 0 saturated heterocycles. The molecule has 0 unspecified atom stereocenters. The SMILES string of the molecule is COc1ccc(CNC2CCCCC2)cc1OC[C@@H](O)CN(C)Cc1ccccc1. The van der Waals surface area contributed by atoms with Crippen LogP contribution in [-0.2, 0) is 13.1 Å². The van der Waals surface area contributed by atoms with Gasteiger partial charge in [0.1, 0.15) is 12.7 Å². The van der Waals surface area contributed by atoms with Gasteiger partial charge in [0, 0.05) is 25.7 Å². The number of nitrogens with zero attached hydrogens (tertiary/aromatic N) is 1. The summed E-state index contributed by atoms with van der Waals surface area (Å²) in [6, 6.07) is 16.9. The van der Waals surface area contributed by atoms with Gasteiger partial charge in [0.05, 0.1) is 7.11 Å². The van der Waals surface area contributed by atoms with E-state index < -0.39 is 6.10 Å². The summed E-state index contributed by atoms with van der Waals surface area (Å²) >= 11 is 0. The van der Waals surface area contributed by atoms with Crippen molar-refractivity contribution in [2.45, 2.75) is 57.3 Å². The minimum absolute atomic E-state index is 0.231. The molecular formula is C25H36N2O3. The second-order valence-electron chi connectivity index (χ2n) is 8.35. The third-order valence-electron chi connectivity index (χ3n) is 5.68. The number of ether oxygens (including phenoxy) is 2. The van der Waals surface area contributed by atoms with E-state index in [4.69, 9.17) is 9.47 Å². The molecule has 1 aliphatic carbocycles. The molecule has 0 spiro atoms. The summed E-state index contributed by atoms with van der Waals surface area (Å²) in [7, 11) is 3.65. The largest absolute Gasteiger partial charge is 0.493 e.